The Bertz CT molecular complexity index is 1140. The summed E-state index contributed by atoms with van der Waals surface area (Å²) in [6.45, 7) is 2.66. The fourth-order valence-electron chi connectivity index (χ4n) is 3.07. The third kappa shape index (κ3) is 4.93. The molecule has 0 bridgehead atoms. The maximum atomic E-state index is 13.1. The molecule has 32 heavy (non-hydrogen) atoms. The number of alkyl halides is 2. The fraction of sp³-hybridized carbons (Fsp3) is 0.350. The van der Waals surface area contributed by atoms with Crippen molar-refractivity contribution in [2.45, 2.75) is 25.8 Å². The zero-order chi connectivity index (χ0) is 22.9. The lowest BCUT2D eigenvalue weighted by Gasteiger charge is -2.38. The quantitative estimate of drug-likeness (QED) is 0.568. The molecule has 1 amide bonds. The zero-order valence-electron chi connectivity index (χ0n) is 17.2. The third-order valence-electron chi connectivity index (χ3n) is 4.53. The van der Waals surface area contributed by atoms with Crippen molar-refractivity contribution in [3.8, 4) is 17.5 Å². The molecule has 9 nitrogen and oxygen atoms in total. The van der Waals surface area contributed by atoms with Crippen molar-refractivity contribution in [1.82, 2.24) is 25.3 Å². The number of halogens is 3. The predicted octanol–water partition coefficient (Wildman–Crippen LogP) is 3.22. The highest BCUT2D eigenvalue weighted by Gasteiger charge is 2.45. The molecule has 12 heteroatoms. The smallest absolute Gasteiger partial charge is 0.282 e. The number of ether oxygens (including phenoxy) is 2. The Morgan fingerprint density at radius 1 is 1.22 bits per heavy atom. The van der Waals surface area contributed by atoms with Gasteiger partial charge in [-0.15, -0.1) is 0 Å². The Morgan fingerprint density at radius 3 is 2.59 bits per heavy atom. The van der Waals surface area contributed by atoms with Crippen molar-refractivity contribution < 1.29 is 23.0 Å². The van der Waals surface area contributed by atoms with Gasteiger partial charge in [-0.2, -0.15) is 0 Å². The number of fused-ring (bicyclic) bond motifs is 1. The van der Waals surface area contributed by atoms with E-state index in [0.29, 0.717) is 16.7 Å². The van der Waals surface area contributed by atoms with Crippen LogP contribution >= 0.6 is 11.6 Å². The standard InChI is InChI=1S/C20H19ClF2N6O3/c1-11(27-12(2)30)8-31-16-6-25-17(7-24-16)32-15-4-3-14-13(18(15)21)5-26-19(28-14)29-9-20(22,23)10-29/h3-7,11H,8-10H2,1-2H3,(H,27,30). The van der Waals surface area contributed by atoms with Crippen LogP contribution in [0.2, 0.25) is 5.02 Å². The average molecular weight is 465 g/mol. The Balaban J connectivity index is 1.42. The van der Waals surface area contributed by atoms with Gasteiger partial charge in [-0.1, -0.05) is 11.6 Å². The van der Waals surface area contributed by atoms with Crippen LogP contribution in [0.1, 0.15) is 13.8 Å². The van der Waals surface area contributed by atoms with E-state index in [-0.39, 0.29) is 41.3 Å². The lowest BCUT2D eigenvalue weighted by Crippen LogP contribution is -2.57. The molecular weight excluding hydrogens is 446 g/mol. The Labute approximate surface area is 186 Å². The molecule has 3 heterocycles. The van der Waals surface area contributed by atoms with E-state index in [9.17, 15) is 13.6 Å². The first-order valence-electron chi connectivity index (χ1n) is 9.68. The van der Waals surface area contributed by atoms with Crippen LogP contribution in [0.3, 0.4) is 0 Å². The highest BCUT2D eigenvalue weighted by molar-refractivity contribution is 6.36. The number of rotatable bonds is 7. The summed E-state index contributed by atoms with van der Waals surface area (Å²) in [6, 6.07) is 3.09. The summed E-state index contributed by atoms with van der Waals surface area (Å²) >= 11 is 6.43. The maximum absolute atomic E-state index is 13.1. The van der Waals surface area contributed by atoms with Gasteiger partial charge < -0.3 is 19.7 Å². The normalized spacial score (nSPS) is 15.7. The van der Waals surface area contributed by atoms with E-state index in [1.165, 1.54) is 30.4 Å². The van der Waals surface area contributed by atoms with Gasteiger partial charge in [-0.05, 0) is 19.1 Å². The van der Waals surface area contributed by atoms with Gasteiger partial charge in [0.1, 0.15) is 12.4 Å². The van der Waals surface area contributed by atoms with Gasteiger partial charge in [-0.25, -0.2) is 28.7 Å². The van der Waals surface area contributed by atoms with Crippen molar-refractivity contribution in [3.05, 3.63) is 35.7 Å². The van der Waals surface area contributed by atoms with Crippen molar-refractivity contribution in [1.29, 1.82) is 0 Å². The minimum Gasteiger partial charge on any atom is -0.474 e. The summed E-state index contributed by atoms with van der Waals surface area (Å²) in [5.74, 6) is -1.85. The molecule has 1 aliphatic rings. The van der Waals surface area contributed by atoms with Crippen LogP contribution in [-0.4, -0.2) is 57.5 Å². The van der Waals surface area contributed by atoms with Gasteiger partial charge in [0.15, 0.2) is 0 Å². The zero-order valence-corrected chi connectivity index (χ0v) is 17.9. The topological polar surface area (TPSA) is 102 Å². The van der Waals surface area contributed by atoms with Crippen LogP contribution in [0, 0.1) is 0 Å². The first-order valence-corrected chi connectivity index (χ1v) is 10.1. The predicted molar refractivity (Wildman–Crippen MR) is 113 cm³/mol. The molecule has 4 rings (SSSR count). The largest absolute Gasteiger partial charge is 0.474 e. The van der Waals surface area contributed by atoms with E-state index < -0.39 is 19.0 Å². The van der Waals surface area contributed by atoms with Crippen LogP contribution < -0.4 is 19.7 Å². The molecule has 2 aromatic heterocycles. The van der Waals surface area contributed by atoms with Gasteiger partial charge in [0, 0.05) is 18.5 Å². The van der Waals surface area contributed by atoms with Gasteiger partial charge in [0.2, 0.25) is 23.6 Å². The van der Waals surface area contributed by atoms with Crippen LogP contribution in [0.15, 0.2) is 30.7 Å². The number of hydrogen-bond acceptors (Lipinski definition) is 8. The number of nitrogens with zero attached hydrogens (tertiary/aromatic N) is 5. The van der Waals surface area contributed by atoms with E-state index in [1.807, 2.05) is 0 Å². The van der Waals surface area contributed by atoms with Gasteiger partial charge in [-0.3, -0.25) is 4.79 Å². The van der Waals surface area contributed by atoms with Crippen molar-refractivity contribution in [3.63, 3.8) is 0 Å². The Morgan fingerprint density at radius 2 is 1.94 bits per heavy atom. The van der Waals surface area contributed by atoms with E-state index in [1.54, 1.807) is 19.1 Å². The number of anilines is 1. The average Bonchev–Trinajstić information content (AvgIpc) is 2.73. The number of aromatic nitrogens is 4. The minimum atomic E-state index is -2.71. The number of benzene rings is 1. The second kappa shape index (κ2) is 8.65. The highest BCUT2D eigenvalue weighted by Crippen LogP contribution is 2.36. The summed E-state index contributed by atoms with van der Waals surface area (Å²) in [7, 11) is 0. The lowest BCUT2D eigenvalue weighted by molar-refractivity contribution is -0.119. The van der Waals surface area contributed by atoms with Crippen LogP contribution in [-0.2, 0) is 4.79 Å². The van der Waals surface area contributed by atoms with E-state index in [0.717, 1.165) is 0 Å². The van der Waals surface area contributed by atoms with E-state index in [2.05, 4.69) is 25.3 Å². The number of nitrogens with one attached hydrogen (secondary N) is 1. The molecular formula is C20H19ClF2N6O3. The van der Waals surface area contributed by atoms with Gasteiger partial charge >= 0.3 is 0 Å². The summed E-state index contributed by atoms with van der Waals surface area (Å²) in [4.78, 5) is 29.1. The van der Waals surface area contributed by atoms with Crippen LogP contribution in [0.5, 0.6) is 17.5 Å². The molecule has 168 valence electrons. The SMILES string of the molecule is CC(=O)NC(C)COc1cnc(Oc2ccc3nc(N4CC(F)(F)C4)ncc3c2Cl)cn1. The van der Waals surface area contributed by atoms with E-state index in [4.69, 9.17) is 21.1 Å². The molecule has 0 radical (unpaired) electrons. The Hall–Kier alpha value is -3.34. The molecule has 1 aromatic carbocycles. The van der Waals surface area contributed by atoms with Gasteiger partial charge in [0.25, 0.3) is 5.92 Å². The number of carbonyl (C=O) groups excluding carboxylic acids is 1. The molecule has 0 aliphatic carbocycles. The summed E-state index contributed by atoms with van der Waals surface area (Å²) in [6.07, 6.45) is 4.24. The number of carbonyl (C=O) groups is 1. The number of amides is 1. The lowest BCUT2D eigenvalue weighted by atomic mass is 10.1. The second-order valence-electron chi connectivity index (χ2n) is 7.40. The second-order valence-corrected chi connectivity index (χ2v) is 7.78. The number of hydrogen-bond donors (Lipinski definition) is 1. The molecule has 3 aromatic rings. The van der Waals surface area contributed by atoms with Gasteiger partial charge in [0.05, 0.1) is 42.1 Å². The van der Waals surface area contributed by atoms with Crippen molar-refractivity contribution in [2.24, 2.45) is 0 Å². The molecule has 1 saturated heterocycles. The summed E-state index contributed by atoms with van der Waals surface area (Å²) in [5.41, 5.74) is 0.505. The summed E-state index contributed by atoms with van der Waals surface area (Å²) in [5, 5.41) is 3.47. The maximum Gasteiger partial charge on any atom is 0.282 e. The van der Waals surface area contributed by atoms with Crippen molar-refractivity contribution >= 4 is 34.4 Å². The molecule has 1 aliphatic heterocycles. The molecule has 0 saturated carbocycles. The summed E-state index contributed by atoms with van der Waals surface area (Å²) < 4.78 is 37.4. The fourth-order valence-corrected chi connectivity index (χ4v) is 3.32. The first-order chi connectivity index (χ1) is 15.2. The van der Waals surface area contributed by atoms with Crippen molar-refractivity contribution in [2.75, 3.05) is 24.6 Å². The third-order valence-corrected chi connectivity index (χ3v) is 4.92. The Kier molecular flexibility index (Phi) is 5.92. The van der Waals surface area contributed by atoms with Crippen LogP contribution in [0.25, 0.3) is 10.9 Å². The molecule has 1 fully saturated rings. The molecule has 1 unspecified atom stereocenters. The minimum absolute atomic E-state index is 0.146. The molecule has 1 atom stereocenters. The first kappa shape index (κ1) is 21.9. The van der Waals surface area contributed by atoms with E-state index >= 15 is 0 Å². The highest BCUT2D eigenvalue weighted by atomic mass is 35.5. The molecule has 1 N–H and O–H groups in total. The van der Waals surface area contributed by atoms with Crippen LogP contribution in [0.4, 0.5) is 14.7 Å². The monoisotopic (exact) mass is 464 g/mol. The molecule has 0 spiro atoms.